The highest BCUT2D eigenvalue weighted by molar-refractivity contribution is 5.93. The predicted molar refractivity (Wildman–Crippen MR) is 122 cm³/mol. The molecule has 170 valence electrons. The number of nitrogens with zero attached hydrogens (tertiary/aromatic N) is 3. The molecule has 0 aliphatic carbocycles. The van der Waals surface area contributed by atoms with E-state index in [2.05, 4.69) is 10.2 Å². The molecule has 33 heavy (non-hydrogen) atoms. The lowest BCUT2D eigenvalue weighted by Crippen LogP contribution is -2.38. The van der Waals surface area contributed by atoms with Gasteiger partial charge in [0, 0.05) is 37.8 Å². The second-order valence-electron chi connectivity index (χ2n) is 8.05. The van der Waals surface area contributed by atoms with Crippen molar-refractivity contribution < 1.29 is 14.0 Å². The molecule has 1 aliphatic heterocycles. The molecule has 0 spiro atoms. The highest BCUT2D eigenvalue weighted by Crippen LogP contribution is 2.24. The number of amides is 2. The lowest BCUT2D eigenvalue weighted by Gasteiger charge is -2.23. The normalized spacial score (nSPS) is 16.5. The van der Waals surface area contributed by atoms with E-state index in [4.69, 9.17) is 0 Å². The van der Waals surface area contributed by atoms with Gasteiger partial charge in [-0.15, -0.1) is 0 Å². The molecule has 0 radical (unpaired) electrons. The lowest BCUT2D eigenvalue weighted by atomic mass is 9.95. The van der Waals surface area contributed by atoms with Crippen LogP contribution in [0.25, 0.3) is 11.1 Å². The third-order valence-electron chi connectivity index (χ3n) is 5.93. The molecule has 1 fully saturated rings. The van der Waals surface area contributed by atoms with Crippen LogP contribution >= 0.6 is 0 Å². The van der Waals surface area contributed by atoms with E-state index in [1.165, 1.54) is 18.2 Å². The summed E-state index contributed by atoms with van der Waals surface area (Å²) in [6.07, 6.45) is 0.454. The summed E-state index contributed by atoms with van der Waals surface area (Å²) >= 11 is 0. The molecule has 3 aromatic rings. The topological polar surface area (TPSA) is 86.4 Å². The van der Waals surface area contributed by atoms with Crippen molar-refractivity contribution in [1.29, 1.82) is 0 Å². The fourth-order valence-electron chi connectivity index (χ4n) is 4.12. The quantitative estimate of drug-likeness (QED) is 0.650. The van der Waals surface area contributed by atoms with Crippen LogP contribution in [-0.4, -0.2) is 58.0 Å². The van der Waals surface area contributed by atoms with Crippen LogP contribution in [0.15, 0.2) is 65.5 Å². The Bertz CT molecular complexity index is 1190. The Labute approximate surface area is 190 Å². The van der Waals surface area contributed by atoms with Crippen molar-refractivity contribution in [2.75, 3.05) is 26.2 Å². The second-order valence-corrected chi connectivity index (χ2v) is 8.05. The Balaban J connectivity index is 1.54. The molecule has 1 saturated heterocycles. The van der Waals surface area contributed by atoms with Gasteiger partial charge in [0.2, 0.25) is 5.91 Å². The minimum absolute atomic E-state index is 0.000378. The average molecular weight is 448 g/mol. The van der Waals surface area contributed by atoms with Gasteiger partial charge in [0.15, 0.2) is 0 Å². The number of H-pyrrole nitrogens is 1. The van der Waals surface area contributed by atoms with E-state index in [9.17, 15) is 18.8 Å². The van der Waals surface area contributed by atoms with Crippen molar-refractivity contribution in [3.8, 4) is 11.1 Å². The summed E-state index contributed by atoms with van der Waals surface area (Å²) in [5.74, 6) is -1.02. The lowest BCUT2D eigenvalue weighted by molar-refractivity contribution is -0.134. The van der Waals surface area contributed by atoms with Crippen molar-refractivity contribution >= 4 is 11.8 Å². The van der Waals surface area contributed by atoms with Gasteiger partial charge < -0.3 is 9.80 Å². The summed E-state index contributed by atoms with van der Waals surface area (Å²) in [7, 11) is 0. The number of hydrogen-bond donors (Lipinski definition) is 1. The van der Waals surface area contributed by atoms with E-state index in [1.54, 1.807) is 28.0 Å². The van der Waals surface area contributed by atoms with Gasteiger partial charge in [0.05, 0.1) is 5.92 Å². The number of halogens is 1. The number of rotatable bonds is 5. The highest BCUT2D eigenvalue weighted by atomic mass is 19.1. The number of aromatic nitrogens is 2. The van der Waals surface area contributed by atoms with Gasteiger partial charge in [-0.05, 0) is 36.6 Å². The van der Waals surface area contributed by atoms with Crippen LogP contribution in [0.4, 0.5) is 4.39 Å². The van der Waals surface area contributed by atoms with E-state index in [-0.39, 0.29) is 35.4 Å². The zero-order valence-electron chi connectivity index (χ0n) is 18.3. The van der Waals surface area contributed by atoms with E-state index in [0.717, 1.165) is 11.1 Å². The Morgan fingerprint density at radius 2 is 1.82 bits per heavy atom. The van der Waals surface area contributed by atoms with Crippen LogP contribution in [0.5, 0.6) is 0 Å². The van der Waals surface area contributed by atoms with Crippen LogP contribution < -0.4 is 5.56 Å². The Morgan fingerprint density at radius 3 is 2.48 bits per heavy atom. The van der Waals surface area contributed by atoms with Crippen LogP contribution in [0.1, 0.15) is 23.0 Å². The van der Waals surface area contributed by atoms with Gasteiger partial charge >= 0.3 is 0 Å². The Morgan fingerprint density at radius 1 is 1.06 bits per heavy atom. The number of hydrogen-bond acceptors (Lipinski definition) is 4. The third kappa shape index (κ3) is 5.00. The van der Waals surface area contributed by atoms with Crippen molar-refractivity contribution in [3.05, 3.63) is 88.1 Å². The molecule has 2 amide bonds. The summed E-state index contributed by atoms with van der Waals surface area (Å²) in [5, 5.41) is 6.12. The molecule has 2 aromatic carbocycles. The maximum absolute atomic E-state index is 14.1. The number of carbonyl (C=O) groups is 2. The summed E-state index contributed by atoms with van der Waals surface area (Å²) in [6.45, 7) is 3.55. The smallest absolute Gasteiger partial charge is 0.274 e. The monoisotopic (exact) mass is 448 g/mol. The van der Waals surface area contributed by atoms with Gasteiger partial charge in [-0.1, -0.05) is 42.5 Å². The Kier molecular flexibility index (Phi) is 6.63. The van der Waals surface area contributed by atoms with Gasteiger partial charge in [-0.2, -0.15) is 5.10 Å². The molecule has 1 unspecified atom stereocenters. The summed E-state index contributed by atoms with van der Waals surface area (Å²) in [5.41, 5.74) is 1.98. The van der Waals surface area contributed by atoms with Crippen LogP contribution in [0.3, 0.4) is 0 Å². The van der Waals surface area contributed by atoms with Crippen molar-refractivity contribution in [2.45, 2.75) is 13.3 Å². The van der Waals surface area contributed by atoms with Gasteiger partial charge in [0.1, 0.15) is 11.5 Å². The standard InChI is InChI=1S/C25H25FN4O3/c1-2-29-13-14-30(25(33)22-11-12-23(31)28-27-22)16-19(24(29)32)15-17-7-9-18(10-8-17)20-5-3-4-6-21(20)26/h3-12,19H,2,13-16H2,1H3,(H,28,31). The zero-order chi connectivity index (χ0) is 23.4. The van der Waals surface area contributed by atoms with E-state index < -0.39 is 5.92 Å². The van der Waals surface area contributed by atoms with E-state index in [1.807, 2.05) is 31.2 Å². The summed E-state index contributed by atoms with van der Waals surface area (Å²) < 4.78 is 14.1. The van der Waals surface area contributed by atoms with E-state index in [0.29, 0.717) is 31.6 Å². The second kappa shape index (κ2) is 9.77. The molecule has 4 rings (SSSR count). The maximum Gasteiger partial charge on any atom is 0.274 e. The fourth-order valence-corrected chi connectivity index (χ4v) is 4.12. The number of carbonyl (C=O) groups excluding carboxylic acids is 2. The maximum atomic E-state index is 14.1. The fraction of sp³-hybridized carbons (Fsp3) is 0.280. The van der Waals surface area contributed by atoms with Crippen molar-refractivity contribution in [2.24, 2.45) is 5.92 Å². The molecule has 1 atom stereocenters. The highest BCUT2D eigenvalue weighted by Gasteiger charge is 2.32. The molecule has 2 heterocycles. The molecule has 1 N–H and O–H groups in total. The van der Waals surface area contributed by atoms with Crippen LogP contribution in [0.2, 0.25) is 0 Å². The van der Waals surface area contributed by atoms with Crippen molar-refractivity contribution in [3.63, 3.8) is 0 Å². The minimum atomic E-state index is -0.418. The predicted octanol–water partition coefficient (Wildman–Crippen LogP) is 2.74. The Hall–Kier alpha value is -3.81. The van der Waals surface area contributed by atoms with Gasteiger partial charge in [-0.25, -0.2) is 9.49 Å². The van der Waals surface area contributed by atoms with Gasteiger partial charge in [-0.3, -0.25) is 14.4 Å². The first-order valence-electron chi connectivity index (χ1n) is 10.9. The first kappa shape index (κ1) is 22.4. The van der Waals surface area contributed by atoms with Gasteiger partial charge in [0.25, 0.3) is 11.5 Å². The molecule has 1 aromatic heterocycles. The molecular weight excluding hydrogens is 423 g/mol. The number of nitrogens with one attached hydrogen (secondary N) is 1. The van der Waals surface area contributed by atoms with Crippen LogP contribution in [-0.2, 0) is 11.2 Å². The van der Waals surface area contributed by atoms with Crippen molar-refractivity contribution in [1.82, 2.24) is 20.0 Å². The SMILES string of the molecule is CCN1CCN(C(=O)c2ccc(=O)[nH]n2)CC(Cc2ccc(-c3ccccc3F)cc2)C1=O. The first-order valence-corrected chi connectivity index (χ1v) is 10.9. The molecule has 7 nitrogen and oxygen atoms in total. The molecule has 0 bridgehead atoms. The largest absolute Gasteiger partial charge is 0.341 e. The van der Waals surface area contributed by atoms with Crippen LogP contribution in [0, 0.1) is 11.7 Å². The van der Waals surface area contributed by atoms with E-state index >= 15 is 0 Å². The molecule has 8 heteroatoms. The summed E-state index contributed by atoms with van der Waals surface area (Å²) in [4.78, 5) is 40.8. The molecule has 1 aliphatic rings. The zero-order valence-corrected chi connectivity index (χ0v) is 18.3. The molecule has 0 saturated carbocycles. The first-order chi connectivity index (χ1) is 16.0. The average Bonchev–Trinajstić information content (AvgIpc) is 2.99. The number of likely N-dealkylation sites (N-methyl/N-ethyl adjacent to an activating group) is 1. The summed E-state index contributed by atoms with van der Waals surface area (Å²) in [6, 6.07) is 16.7. The molecular formula is C25H25FN4O3. The minimum Gasteiger partial charge on any atom is -0.341 e. The number of benzene rings is 2. The third-order valence-corrected chi connectivity index (χ3v) is 5.93. The number of aromatic amines is 1.